The Kier molecular flexibility index (Phi) is 6.06. The van der Waals surface area contributed by atoms with E-state index in [2.05, 4.69) is 15.4 Å². The number of carbonyl (C=O) groups is 1. The monoisotopic (exact) mass is 352 g/mol. The fraction of sp³-hybridized carbons (Fsp3) is 0.778. The zero-order chi connectivity index (χ0) is 17.8. The highest BCUT2D eigenvalue weighted by atomic mass is 19.1. The van der Waals surface area contributed by atoms with Crippen LogP contribution in [0, 0.1) is 12.8 Å². The summed E-state index contributed by atoms with van der Waals surface area (Å²) >= 11 is 0. The summed E-state index contributed by atoms with van der Waals surface area (Å²) in [6.07, 6.45) is 3.42. The molecule has 2 atom stereocenters. The van der Waals surface area contributed by atoms with Gasteiger partial charge in [-0.25, -0.2) is 4.39 Å². The second kappa shape index (κ2) is 8.27. The van der Waals surface area contributed by atoms with E-state index in [1.807, 2.05) is 24.9 Å². The molecule has 1 amide bonds. The van der Waals surface area contributed by atoms with Crippen molar-refractivity contribution >= 4 is 5.91 Å². The molecular formula is C18H29FN4O2. The number of carbonyl (C=O) groups excluding carboxylic acids is 1. The summed E-state index contributed by atoms with van der Waals surface area (Å²) in [5.74, 6) is 1.48. The van der Waals surface area contributed by atoms with Gasteiger partial charge in [0.25, 0.3) is 0 Å². The molecule has 0 radical (unpaired) electrons. The standard InChI is InChI=1S/C18H29FN4O2/c1-13-6-17(25-21-13)11-23-9-15(19)7-16(23)10-22(2)12-18(24)20-8-14-4-3-5-14/h6,14-16H,3-5,7-12H2,1-2H3,(H,20,24)/t15-,16-/m0/s1. The lowest BCUT2D eigenvalue weighted by Gasteiger charge is -2.28. The fourth-order valence-corrected chi connectivity index (χ4v) is 3.68. The molecule has 2 fully saturated rings. The Morgan fingerprint density at radius 1 is 1.52 bits per heavy atom. The zero-order valence-corrected chi connectivity index (χ0v) is 15.2. The van der Waals surface area contributed by atoms with Crippen LogP contribution < -0.4 is 5.32 Å². The van der Waals surface area contributed by atoms with E-state index in [0.29, 0.717) is 38.5 Å². The van der Waals surface area contributed by atoms with Crippen LogP contribution in [0.1, 0.15) is 37.1 Å². The third-order valence-electron chi connectivity index (χ3n) is 5.26. The molecule has 2 aliphatic rings. The molecule has 0 bridgehead atoms. The number of aromatic nitrogens is 1. The number of halogens is 1. The minimum atomic E-state index is -0.824. The topological polar surface area (TPSA) is 61.6 Å². The van der Waals surface area contributed by atoms with Gasteiger partial charge in [0.1, 0.15) is 6.17 Å². The van der Waals surface area contributed by atoms with Crippen molar-refractivity contribution < 1.29 is 13.7 Å². The predicted molar refractivity (Wildman–Crippen MR) is 92.8 cm³/mol. The summed E-state index contributed by atoms with van der Waals surface area (Å²) in [7, 11) is 1.92. The molecule has 1 aliphatic heterocycles. The zero-order valence-electron chi connectivity index (χ0n) is 15.2. The lowest BCUT2D eigenvalue weighted by atomic mass is 9.85. The van der Waals surface area contributed by atoms with E-state index in [4.69, 9.17) is 4.52 Å². The van der Waals surface area contributed by atoms with E-state index < -0.39 is 6.17 Å². The first-order chi connectivity index (χ1) is 12.0. The molecule has 0 unspecified atom stereocenters. The number of hydrogen-bond donors (Lipinski definition) is 1. The summed E-state index contributed by atoms with van der Waals surface area (Å²) in [4.78, 5) is 16.1. The Bertz CT molecular complexity index is 575. The van der Waals surface area contributed by atoms with Crippen molar-refractivity contribution in [2.24, 2.45) is 5.92 Å². The summed E-state index contributed by atoms with van der Waals surface area (Å²) in [6, 6.07) is 1.98. The smallest absolute Gasteiger partial charge is 0.234 e. The van der Waals surface area contributed by atoms with Crippen LogP contribution in [0.4, 0.5) is 4.39 Å². The number of nitrogens with one attached hydrogen (secondary N) is 1. The molecule has 1 aliphatic carbocycles. The molecule has 1 saturated heterocycles. The lowest BCUT2D eigenvalue weighted by molar-refractivity contribution is -0.122. The van der Waals surface area contributed by atoms with Gasteiger partial charge in [0, 0.05) is 31.7 Å². The van der Waals surface area contributed by atoms with Crippen LogP contribution >= 0.6 is 0 Å². The van der Waals surface area contributed by atoms with E-state index in [0.717, 1.165) is 18.0 Å². The number of alkyl halides is 1. The Balaban J connectivity index is 1.44. The molecule has 1 N–H and O–H groups in total. The van der Waals surface area contributed by atoms with Gasteiger partial charge in [-0.3, -0.25) is 14.6 Å². The van der Waals surface area contributed by atoms with Crippen molar-refractivity contribution in [1.29, 1.82) is 0 Å². The molecule has 1 aromatic heterocycles. The molecule has 0 aromatic carbocycles. The molecule has 2 heterocycles. The van der Waals surface area contributed by atoms with Gasteiger partial charge in [-0.15, -0.1) is 0 Å². The number of hydrogen-bond acceptors (Lipinski definition) is 5. The SMILES string of the molecule is Cc1cc(CN2C[C@@H](F)C[C@H]2CN(C)CC(=O)NCC2CCC2)on1. The van der Waals surface area contributed by atoms with E-state index in [-0.39, 0.29) is 11.9 Å². The van der Waals surface area contributed by atoms with Gasteiger partial charge >= 0.3 is 0 Å². The maximum absolute atomic E-state index is 13.9. The highest BCUT2D eigenvalue weighted by Gasteiger charge is 2.33. The Morgan fingerprint density at radius 3 is 2.96 bits per heavy atom. The van der Waals surface area contributed by atoms with Crippen molar-refractivity contribution in [3.63, 3.8) is 0 Å². The van der Waals surface area contributed by atoms with E-state index in [1.54, 1.807) is 0 Å². The fourth-order valence-electron chi connectivity index (χ4n) is 3.68. The second-order valence-corrected chi connectivity index (χ2v) is 7.65. The third-order valence-corrected chi connectivity index (χ3v) is 5.26. The minimum absolute atomic E-state index is 0.0570. The number of rotatable bonds is 8. The van der Waals surface area contributed by atoms with Crippen LogP contribution in [0.2, 0.25) is 0 Å². The number of aryl methyl sites for hydroxylation is 1. The highest BCUT2D eigenvalue weighted by Crippen LogP contribution is 2.25. The normalized spacial score (nSPS) is 24.6. The van der Waals surface area contributed by atoms with Crippen LogP contribution in [0.5, 0.6) is 0 Å². The van der Waals surface area contributed by atoms with Crippen molar-refractivity contribution in [3.8, 4) is 0 Å². The number of amides is 1. The van der Waals surface area contributed by atoms with Crippen LogP contribution in [-0.2, 0) is 11.3 Å². The first-order valence-electron chi connectivity index (χ1n) is 9.25. The summed E-state index contributed by atoms with van der Waals surface area (Å²) in [6.45, 7) is 4.67. The Labute approximate surface area is 148 Å². The van der Waals surface area contributed by atoms with Gasteiger partial charge in [-0.1, -0.05) is 11.6 Å². The summed E-state index contributed by atoms with van der Waals surface area (Å²) < 4.78 is 19.2. The maximum Gasteiger partial charge on any atom is 0.234 e. The van der Waals surface area contributed by atoms with E-state index in [1.165, 1.54) is 19.3 Å². The van der Waals surface area contributed by atoms with Gasteiger partial charge < -0.3 is 9.84 Å². The maximum atomic E-state index is 13.9. The van der Waals surface area contributed by atoms with Crippen molar-refractivity contribution in [3.05, 3.63) is 17.5 Å². The van der Waals surface area contributed by atoms with Gasteiger partial charge in [0.2, 0.25) is 5.91 Å². The van der Waals surface area contributed by atoms with Gasteiger partial charge in [0.15, 0.2) is 5.76 Å². The van der Waals surface area contributed by atoms with Crippen LogP contribution in [-0.4, -0.2) is 66.3 Å². The minimum Gasteiger partial charge on any atom is -0.360 e. The number of likely N-dealkylation sites (N-methyl/N-ethyl adjacent to an activating group) is 1. The third kappa shape index (κ3) is 5.25. The lowest BCUT2D eigenvalue weighted by Crippen LogP contribution is -2.43. The van der Waals surface area contributed by atoms with Crippen LogP contribution in [0.3, 0.4) is 0 Å². The van der Waals surface area contributed by atoms with Gasteiger partial charge in [-0.05, 0) is 39.2 Å². The average Bonchev–Trinajstić information content (AvgIpc) is 3.03. The molecule has 25 heavy (non-hydrogen) atoms. The quantitative estimate of drug-likeness (QED) is 0.772. The molecule has 1 aromatic rings. The molecule has 6 nitrogen and oxygen atoms in total. The second-order valence-electron chi connectivity index (χ2n) is 7.65. The van der Waals surface area contributed by atoms with Crippen molar-refractivity contribution in [1.82, 2.24) is 20.3 Å². The molecule has 1 saturated carbocycles. The van der Waals surface area contributed by atoms with Crippen molar-refractivity contribution in [2.45, 2.75) is 51.4 Å². The largest absolute Gasteiger partial charge is 0.360 e. The average molecular weight is 352 g/mol. The van der Waals surface area contributed by atoms with Gasteiger partial charge in [0.05, 0.1) is 18.8 Å². The predicted octanol–water partition coefficient (Wildman–Crippen LogP) is 1.74. The summed E-state index contributed by atoms with van der Waals surface area (Å²) in [5, 5.41) is 6.90. The molecule has 140 valence electrons. The molecule has 3 rings (SSSR count). The van der Waals surface area contributed by atoms with E-state index >= 15 is 0 Å². The first-order valence-corrected chi connectivity index (χ1v) is 9.25. The molecule has 7 heteroatoms. The van der Waals surface area contributed by atoms with Crippen LogP contribution in [0.25, 0.3) is 0 Å². The summed E-state index contributed by atoms with van der Waals surface area (Å²) in [5.41, 5.74) is 0.836. The highest BCUT2D eigenvalue weighted by molar-refractivity contribution is 5.77. The number of nitrogens with zero attached hydrogens (tertiary/aromatic N) is 3. The van der Waals surface area contributed by atoms with Crippen LogP contribution in [0.15, 0.2) is 10.6 Å². The Morgan fingerprint density at radius 2 is 2.32 bits per heavy atom. The Hall–Kier alpha value is -1.47. The first kappa shape index (κ1) is 18.3. The number of likely N-dealkylation sites (tertiary alicyclic amines) is 1. The molecule has 0 spiro atoms. The van der Waals surface area contributed by atoms with Gasteiger partial charge in [-0.2, -0.15) is 0 Å². The molecular weight excluding hydrogens is 323 g/mol. The van der Waals surface area contributed by atoms with E-state index in [9.17, 15) is 9.18 Å². The van der Waals surface area contributed by atoms with Crippen molar-refractivity contribution in [2.75, 3.05) is 33.2 Å².